The molecule has 2 rings (SSSR count). The first-order chi connectivity index (χ1) is 14.5. The third kappa shape index (κ3) is 7.12. The van der Waals surface area contributed by atoms with Crippen molar-refractivity contribution >= 4 is 11.8 Å². The molecule has 5 heteroatoms. The molecule has 5 nitrogen and oxygen atoms in total. The topological polar surface area (TPSA) is 58.6 Å². The summed E-state index contributed by atoms with van der Waals surface area (Å²) in [5, 5.41) is 3.02. The van der Waals surface area contributed by atoms with Gasteiger partial charge in [0.2, 0.25) is 5.91 Å². The van der Waals surface area contributed by atoms with Crippen molar-refractivity contribution < 1.29 is 14.3 Å². The van der Waals surface area contributed by atoms with Gasteiger partial charge in [0, 0.05) is 12.1 Å². The molecule has 0 aliphatic rings. The van der Waals surface area contributed by atoms with Gasteiger partial charge >= 0.3 is 0 Å². The summed E-state index contributed by atoms with van der Waals surface area (Å²) < 4.78 is 5.80. The second-order valence-electron chi connectivity index (χ2n) is 9.15. The molecule has 1 unspecified atom stereocenters. The van der Waals surface area contributed by atoms with Crippen molar-refractivity contribution in [2.75, 3.05) is 6.61 Å². The fourth-order valence-electron chi connectivity index (χ4n) is 3.38. The minimum Gasteiger partial charge on any atom is -0.484 e. The second-order valence-corrected chi connectivity index (χ2v) is 9.15. The summed E-state index contributed by atoms with van der Waals surface area (Å²) in [6, 6.07) is 13.1. The van der Waals surface area contributed by atoms with Crippen LogP contribution in [0.25, 0.3) is 0 Å². The summed E-state index contributed by atoms with van der Waals surface area (Å²) in [5.74, 6) is 0.292. The molecule has 0 fully saturated rings. The van der Waals surface area contributed by atoms with Gasteiger partial charge in [-0.15, -0.1) is 0 Å². The predicted molar refractivity (Wildman–Crippen MR) is 125 cm³/mol. The molecule has 0 saturated carbocycles. The number of aryl methyl sites for hydroxylation is 3. The number of amides is 2. The van der Waals surface area contributed by atoms with Crippen LogP contribution in [0.3, 0.4) is 0 Å². The van der Waals surface area contributed by atoms with Crippen LogP contribution in [0.1, 0.15) is 56.4 Å². The van der Waals surface area contributed by atoms with Crippen LogP contribution in [-0.4, -0.2) is 34.9 Å². The Bertz CT molecular complexity index is 915. The first-order valence-corrected chi connectivity index (χ1v) is 10.9. The molecular weight excluding hydrogens is 388 g/mol. The summed E-state index contributed by atoms with van der Waals surface area (Å²) in [4.78, 5) is 27.9. The molecular formula is C26H36N2O3. The Kier molecular flexibility index (Phi) is 8.26. The number of rotatable bonds is 8. The first kappa shape index (κ1) is 24.4. The number of nitrogens with zero attached hydrogens (tertiary/aromatic N) is 1. The average Bonchev–Trinajstić information content (AvgIpc) is 2.68. The fraction of sp³-hybridized carbons (Fsp3) is 0.462. The van der Waals surface area contributed by atoms with Crippen LogP contribution < -0.4 is 10.1 Å². The Morgan fingerprint density at radius 3 is 2.26 bits per heavy atom. The Morgan fingerprint density at radius 2 is 1.68 bits per heavy atom. The van der Waals surface area contributed by atoms with Gasteiger partial charge in [-0.05, 0) is 82.3 Å². The molecule has 2 aromatic rings. The van der Waals surface area contributed by atoms with Crippen molar-refractivity contribution in [3.05, 3.63) is 64.7 Å². The van der Waals surface area contributed by atoms with Crippen LogP contribution in [0.2, 0.25) is 0 Å². The SMILES string of the molecule is CCC(C(=O)NC(C)(C)C)N(Cc1ccccc1C)C(=O)COc1ccc(C)c(C)c1. The maximum atomic E-state index is 13.3. The molecule has 0 bridgehead atoms. The second kappa shape index (κ2) is 10.5. The number of carbonyl (C=O) groups excluding carboxylic acids is 2. The summed E-state index contributed by atoms with van der Waals surface area (Å²) in [6.45, 7) is 14.0. The van der Waals surface area contributed by atoms with Crippen LogP contribution >= 0.6 is 0 Å². The van der Waals surface area contributed by atoms with Crippen LogP contribution in [0, 0.1) is 20.8 Å². The maximum Gasteiger partial charge on any atom is 0.261 e. The molecule has 0 saturated heterocycles. The van der Waals surface area contributed by atoms with Gasteiger partial charge in [0.1, 0.15) is 11.8 Å². The number of carbonyl (C=O) groups is 2. The molecule has 0 spiro atoms. The van der Waals surface area contributed by atoms with Crippen LogP contribution in [0.4, 0.5) is 0 Å². The molecule has 168 valence electrons. The van der Waals surface area contributed by atoms with E-state index in [-0.39, 0.29) is 24.0 Å². The van der Waals surface area contributed by atoms with Gasteiger partial charge in [-0.2, -0.15) is 0 Å². The van der Waals surface area contributed by atoms with E-state index in [9.17, 15) is 9.59 Å². The van der Waals surface area contributed by atoms with Crippen LogP contribution in [0.15, 0.2) is 42.5 Å². The Labute approximate surface area is 186 Å². The standard InChI is InChI=1S/C26H36N2O3/c1-8-23(25(30)27-26(5,6)7)28(16-21-12-10-9-11-19(21)3)24(29)17-31-22-14-13-18(2)20(4)15-22/h9-15,23H,8,16-17H2,1-7H3,(H,27,30). The van der Waals surface area contributed by atoms with E-state index in [0.717, 1.165) is 16.7 Å². The van der Waals surface area contributed by atoms with E-state index in [1.165, 1.54) is 5.56 Å². The molecule has 0 aromatic heterocycles. The minimum absolute atomic E-state index is 0.117. The van der Waals surface area contributed by atoms with E-state index in [1.807, 2.05) is 90.9 Å². The van der Waals surface area contributed by atoms with Gasteiger partial charge in [0.05, 0.1) is 0 Å². The highest BCUT2D eigenvalue weighted by atomic mass is 16.5. The Hall–Kier alpha value is -2.82. The molecule has 1 atom stereocenters. The van der Waals surface area contributed by atoms with E-state index in [0.29, 0.717) is 18.7 Å². The molecule has 31 heavy (non-hydrogen) atoms. The van der Waals surface area contributed by atoms with Crippen molar-refractivity contribution in [1.29, 1.82) is 0 Å². The summed E-state index contributed by atoms with van der Waals surface area (Å²) >= 11 is 0. The molecule has 0 aliphatic carbocycles. The minimum atomic E-state index is -0.574. The first-order valence-electron chi connectivity index (χ1n) is 10.9. The van der Waals surface area contributed by atoms with Crippen molar-refractivity contribution in [2.45, 2.75) is 73.0 Å². The van der Waals surface area contributed by atoms with Gasteiger partial charge in [-0.25, -0.2) is 0 Å². The number of benzene rings is 2. The highest BCUT2D eigenvalue weighted by molar-refractivity contribution is 5.88. The van der Waals surface area contributed by atoms with Gasteiger partial charge in [-0.3, -0.25) is 9.59 Å². The van der Waals surface area contributed by atoms with Gasteiger partial charge in [0.25, 0.3) is 5.91 Å². The van der Waals surface area contributed by atoms with Crippen molar-refractivity contribution in [3.63, 3.8) is 0 Å². The van der Waals surface area contributed by atoms with Crippen molar-refractivity contribution in [2.24, 2.45) is 0 Å². The van der Waals surface area contributed by atoms with E-state index >= 15 is 0 Å². The Morgan fingerprint density at radius 1 is 1.00 bits per heavy atom. The predicted octanol–water partition coefficient (Wildman–Crippen LogP) is 4.71. The number of hydrogen-bond donors (Lipinski definition) is 1. The monoisotopic (exact) mass is 424 g/mol. The van der Waals surface area contributed by atoms with E-state index < -0.39 is 6.04 Å². The van der Waals surface area contributed by atoms with Crippen LogP contribution in [0.5, 0.6) is 5.75 Å². The zero-order valence-electron chi connectivity index (χ0n) is 19.9. The number of hydrogen-bond acceptors (Lipinski definition) is 3. The smallest absolute Gasteiger partial charge is 0.261 e. The van der Waals surface area contributed by atoms with Gasteiger partial charge in [0.15, 0.2) is 6.61 Å². The summed E-state index contributed by atoms with van der Waals surface area (Å²) in [7, 11) is 0. The van der Waals surface area contributed by atoms with Gasteiger partial charge < -0.3 is 15.0 Å². The molecule has 2 amide bonds. The normalized spacial score (nSPS) is 12.2. The highest BCUT2D eigenvalue weighted by Gasteiger charge is 2.31. The van der Waals surface area contributed by atoms with Crippen molar-refractivity contribution in [3.8, 4) is 5.75 Å². The molecule has 2 aromatic carbocycles. The lowest BCUT2D eigenvalue weighted by Gasteiger charge is -2.33. The molecule has 0 radical (unpaired) electrons. The Balaban J connectivity index is 2.26. The largest absolute Gasteiger partial charge is 0.484 e. The zero-order valence-corrected chi connectivity index (χ0v) is 19.9. The number of nitrogens with one attached hydrogen (secondary N) is 1. The summed E-state index contributed by atoms with van der Waals surface area (Å²) in [6.07, 6.45) is 0.517. The van der Waals surface area contributed by atoms with Gasteiger partial charge in [-0.1, -0.05) is 37.3 Å². The highest BCUT2D eigenvalue weighted by Crippen LogP contribution is 2.19. The zero-order chi connectivity index (χ0) is 23.2. The van der Waals surface area contributed by atoms with E-state index in [1.54, 1.807) is 4.90 Å². The number of ether oxygens (including phenoxy) is 1. The summed E-state index contributed by atoms with van der Waals surface area (Å²) in [5.41, 5.74) is 4.01. The molecule has 0 heterocycles. The fourth-order valence-corrected chi connectivity index (χ4v) is 3.38. The lowest BCUT2D eigenvalue weighted by atomic mass is 10.0. The average molecular weight is 425 g/mol. The maximum absolute atomic E-state index is 13.3. The third-order valence-corrected chi connectivity index (χ3v) is 5.33. The quantitative estimate of drug-likeness (QED) is 0.667. The van der Waals surface area contributed by atoms with Crippen LogP contribution in [-0.2, 0) is 16.1 Å². The lowest BCUT2D eigenvalue weighted by Crippen LogP contribution is -2.54. The van der Waals surface area contributed by atoms with E-state index in [2.05, 4.69) is 5.32 Å². The third-order valence-electron chi connectivity index (χ3n) is 5.33. The van der Waals surface area contributed by atoms with Crippen molar-refractivity contribution in [1.82, 2.24) is 10.2 Å². The molecule has 0 aliphatic heterocycles. The van der Waals surface area contributed by atoms with E-state index in [4.69, 9.17) is 4.74 Å². The lowest BCUT2D eigenvalue weighted by molar-refractivity contribution is -0.143. The molecule has 1 N–H and O–H groups in total.